The molecule has 0 atom stereocenters. The molecule has 1 amide bonds. The van der Waals surface area contributed by atoms with Crippen molar-refractivity contribution in [3.63, 3.8) is 0 Å². The first-order chi connectivity index (χ1) is 8.72. The number of benzene rings is 1. The molecule has 1 aromatic rings. The second-order valence-electron chi connectivity index (χ2n) is 3.88. The Kier molecular flexibility index (Phi) is 4.43. The summed E-state index contributed by atoms with van der Waals surface area (Å²) in [4.78, 5) is 21.7. The second-order valence-corrected chi connectivity index (χ2v) is 6.14. The molecule has 9 heteroatoms. The molecule has 0 fully saturated rings. The van der Waals surface area contributed by atoms with E-state index in [-0.39, 0.29) is 29.2 Å². The summed E-state index contributed by atoms with van der Waals surface area (Å²) in [5, 5.41) is 13.0. The van der Waals surface area contributed by atoms with E-state index >= 15 is 0 Å². The van der Waals surface area contributed by atoms with Gasteiger partial charge in [-0.1, -0.05) is 6.07 Å². The summed E-state index contributed by atoms with van der Waals surface area (Å²) in [5.41, 5.74) is 4.86. The minimum absolute atomic E-state index is 0.0531. The van der Waals surface area contributed by atoms with Crippen molar-refractivity contribution in [1.29, 1.82) is 0 Å². The summed E-state index contributed by atoms with van der Waals surface area (Å²) >= 11 is 0. The first kappa shape index (κ1) is 14.9. The number of amides is 1. The monoisotopic (exact) mass is 287 g/mol. The van der Waals surface area contributed by atoms with Crippen molar-refractivity contribution in [3.8, 4) is 0 Å². The lowest BCUT2D eigenvalue weighted by Crippen LogP contribution is -2.29. The fourth-order valence-corrected chi connectivity index (χ4v) is 1.83. The van der Waals surface area contributed by atoms with Crippen LogP contribution in [0, 0.1) is 10.1 Å². The first-order valence-corrected chi connectivity index (χ1v) is 7.27. The van der Waals surface area contributed by atoms with E-state index in [9.17, 15) is 23.3 Å². The van der Waals surface area contributed by atoms with E-state index < -0.39 is 20.7 Å². The summed E-state index contributed by atoms with van der Waals surface area (Å²) in [7, 11) is -3.19. The highest BCUT2D eigenvalue weighted by atomic mass is 32.2. The summed E-state index contributed by atoms with van der Waals surface area (Å²) in [5.74, 6) is -0.863. The van der Waals surface area contributed by atoms with Gasteiger partial charge >= 0.3 is 0 Å². The number of nitro benzene ring substituents is 1. The predicted molar refractivity (Wildman–Crippen MR) is 69.6 cm³/mol. The summed E-state index contributed by atoms with van der Waals surface area (Å²) in [6, 6.07) is 3.85. The van der Waals surface area contributed by atoms with Crippen LogP contribution in [0.4, 0.5) is 11.4 Å². The number of hydrogen-bond donors (Lipinski definition) is 2. The maximum absolute atomic E-state index is 11.7. The molecule has 8 nitrogen and oxygen atoms in total. The van der Waals surface area contributed by atoms with Gasteiger partial charge in [0.2, 0.25) is 0 Å². The predicted octanol–water partition coefficient (Wildman–Crippen LogP) is -0.0486. The molecule has 0 saturated carbocycles. The number of hydrogen-bond acceptors (Lipinski definition) is 6. The Morgan fingerprint density at radius 3 is 2.63 bits per heavy atom. The maximum Gasteiger partial charge on any atom is 0.292 e. The Labute approximate surface area is 109 Å². The smallest absolute Gasteiger partial charge is 0.292 e. The van der Waals surface area contributed by atoms with Gasteiger partial charge in [0.1, 0.15) is 15.5 Å². The van der Waals surface area contributed by atoms with Gasteiger partial charge in [0.05, 0.1) is 16.2 Å². The SMILES string of the molecule is CS(=O)(=O)CCNC(=O)c1cccc([N+](=O)[O-])c1N. The van der Waals surface area contributed by atoms with E-state index in [4.69, 9.17) is 5.73 Å². The van der Waals surface area contributed by atoms with Crippen molar-refractivity contribution >= 4 is 27.1 Å². The lowest BCUT2D eigenvalue weighted by atomic mass is 10.1. The number of sulfone groups is 1. The fourth-order valence-electron chi connectivity index (χ4n) is 1.36. The average Bonchev–Trinajstić information content (AvgIpc) is 2.26. The van der Waals surface area contributed by atoms with Crippen molar-refractivity contribution in [1.82, 2.24) is 5.32 Å². The number of nitro groups is 1. The number of nitrogens with two attached hydrogens (primary N) is 1. The lowest BCUT2D eigenvalue weighted by molar-refractivity contribution is -0.383. The van der Waals surface area contributed by atoms with Crippen molar-refractivity contribution in [2.75, 3.05) is 24.3 Å². The molecule has 1 aromatic carbocycles. The highest BCUT2D eigenvalue weighted by Gasteiger charge is 2.18. The zero-order valence-corrected chi connectivity index (χ0v) is 10.9. The third-order valence-corrected chi connectivity index (χ3v) is 3.23. The first-order valence-electron chi connectivity index (χ1n) is 5.21. The van der Waals surface area contributed by atoms with Gasteiger partial charge in [0.15, 0.2) is 0 Å². The van der Waals surface area contributed by atoms with Gasteiger partial charge in [-0.2, -0.15) is 0 Å². The third-order valence-electron chi connectivity index (χ3n) is 2.28. The number of nitrogens with zero attached hydrogens (tertiary/aromatic N) is 1. The molecule has 0 heterocycles. The molecule has 0 aliphatic carbocycles. The van der Waals surface area contributed by atoms with Crippen LogP contribution < -0.4 is 11.1 Å². The molecule has 0 spiro atoms. The molecule has 1 rings (SSSR count). The summed E-state index contributed by atoms with van der Waals surface area (Å²) in [6.45, 7) is -0.0835. The Bertz CT molecular complexity index is 612. The van der Waals surface area contributed by atoms with Crippen molar-refractivity contribution in [2.45, 2.75) is 0 Å². The second kappa shape index (κ2) is 5.65. The minimum Gasteiger partial charge on any atom is -0.393 e. The van der Waals surface area contributed by atoms with Crippen LogP contribution in [0.25, 0.3) is 0 Å². The van der Waals surface area contributed by atoms with Crippen molar-refractivity contribution in [3.05, 3.63) is 33.9 Å². The molecule has 19 heavy (non-hydrogen) atoms. The van der Waals surface area contributed by atoms with E-state index in [1.807, 2.05) is 0 Å². The molecule has 0 radical (unpaired) electrons. The van der Waals surface area contributed by atoms with Gasteiger partial charge in [-0.3, -0.25) is 14.9 Å². The molecular formula is C10H13N3O5S. The topological polar surface area (TPSA) is 132 Å². The van der Waals surface area contributed by atoms with Crippen LogP contribution in [0.1, 0.15) is 10.4 Å². The highest BCUT2D eigenvalue weighted by Crippen LogP contribution is 2.24. The largest absolute Gasteiger partial charge is 0.393 e. The molecule has 0 aliphatic heterocycles. The van der Waals surface area contributed by atoms with Crippen LogP contribution in [-0.2, 0) is 9.84 Å². The van der Waals surface area contributed by atoms with E-state index in [0.717, 1.165) is 6.26 Å². The number of rotatable bonds is 5. The van der Waals surface area contributed by atoms with Crippen LogP contribution in [0.5, 0.6) is 0 Å². The molecule has 0 aliphatic rings. The van der Waals surface area contributed by atoms with Gasteiger partial charge in [-0.15, -0.1) is 0 Å². The number of para-hydroxylation sites is 1. The molecule has 104 valence electrons. The number of nitrogen functional groups attached to an aromatic ring is 1. The van der Waals surface area contributed by atoms with Crippen LogP contribution in [0.3, 0.4) is 0 Å². The van der Waals surface area contributed by atoms with Crippen LogP contribution in [0.2, 0.25) is 0 Å². The Balaban J connectivity index is 2.83. The summed E-state index contributed by atoms with van der Waals surface area (Å²) < 4.78 is 21.8. The van der Waals surface area contributed by atoms with Crippen LogP contribution in [-0.4, -0.2) is 37.8 Å². The summed E-state index contributed by atoms with van der Waals surface area (Å²) in [6.07, 6.45) is 1.04. The normalized spacial score (nSPS) is 11.0. The van der Waals surface area contributed by atoms with E-state index in [0.29, 0.717) is 0 Å². The number of anilines is 1. The Hall–Kier alpha value is -2.16. The molecule has 0 saturated heterocycles. The third kappa shape index (κ3) is 4.21. The quantitative estimate of drug-likeness (QED) is 0.443. The molecular weight excluding hydrogens is 274 g/mol. The van der Waals surface area contributed by atoms with Crippen molar-refractivity contribution < 1.29 is 18.1 Å². The van der Waals surface area contributed by atoms with Gasteiger partial charge in [0.25, 0.3) is 11.6 Å². The number of carbonyl (C=O) groups is 1. The van der Waals surface area contributed by atoms with Crippen molar-refractivity contribution in [2.24, 2.45) is 0 Å². The average molecular weight is 287 g/mol. The molecule has 0 unspecified atom stereocenters. The molecule has 3 N–H and O–H groups in total. The standard InChI is InChI=1S/C10H13N3O5S/c1-19(17,18)6-5-12-10(14)7-3-2-4-8(9(7)11)13(15)16/h2-4H,5-6,11H2,1H3,(H,12,14). The molecule has 0 bridgehead atoms. The van der Waals surface area contributed by atoms with Gasteiger partial charge in [0, 0.05) is 18.9 Å². The number of nitrogens with one attached hydrogen (secondary N) is 1. The Morgan fingerprint density at radius 1 is 1.47 bits per heavy atom. The Morgan fingerprint density at radius 2 is 2.11 bits per heavy atom. The maximum atomic E-state index is 11.7. The van der Waals surface area contributed by atoms with E-state index in [2.05, 4.69) is 5.32 Å². The zero-order valence-electron chi connectivity index (χ0n) is 10.1. The zero-order chi connectivity index (χ0) is 14.6. The van der Waals surface area contributed by atoms with Gasteiger partial charge in [-0.05, 0) is 6.07 Å². The van der Waals surface area contributed by atoms with Crippen LogP contribution in [0.15, 0.2) is 18.2 Å². The van der Waals surface area contributed by atoms with E-state index in [1.165, 1.54) is 18.2 Å². The van der Waals surface area contributed by atoms with E-state index in [1.54, 1.807) is 0 Å². The number of carbonyl (C=O) groups excluding carboxylic acids is 1. The molecule has 0 aromatic heterocycles. The van der Waals surface area contributed by atoms with Gasteiger partial charge in [-0.25, -0.2) is 8.42 Å². The minimum atomic E-state index is -3.19. The van der Waals surface area contributed by atoms with Crippen LogP contribution >= 0.6 is 0 Å². The highest BCUT2D eigenvalue weighted by molar-refractivity contribution is 7.90. The fraction of sp³-hybridized carbons (Fsp3) is 0.300. The lowest BCUT2D eigenvalue weighted by Gasteiger charge is -2.07. The van der Waals surface area contributed by atoms with Gasteiger partial charge < -0.3 is 11.1 Å².